The van der Waals surface area contributed by atoms with Gasteiger partial charge in [-0.15, -0.1) is 0 Å². The summed E-state index contributed by atoms with van der Waals surface area (Å²) in [6.07, 6.45) is 0.354. The number of ketones is 1. The van der Waals surface area contributed by atoms with Gasteiger partial charge in [-0.2, -0.15) is 0 Å². The molecule has 0 aliphatic carbocycles. The molecule has 0 heterocycles. The second kappa shape index (κ2) is 7.20. The van der Waals surface area contributed by atoms with Crippen LogP contribution in [0.4, 0.5) is 5.69 Å². The van der Waals surface area contributed by atoms with E-state index in [2.05, 4.69) is 0 Å². The third-order valence-electron chi connectivity index (χ3n) is 3.55. The van der Waals surface area contributed by atoms with Crippen LogP contribution in [0.3, 0.4) is 0 Å². The van der Waals surface area contributed by atoms with Gasteiger partial charge in [0, 0.05) is 17.7 Å². The number of nitrogens with two attached hydrogens (primary N) is 1. The number of Topliss-reactive ketones (excluding diaryl/α,β-unsaturated/α-hetero) is 1. The molecule has 0 atom stereocenters. The molecule has 0 spiro atoms. The SMILES string of the molecule is Nc1ccc(Oc2cccc(C(=O)Cc3ccccc3)c2)c(Cl)c1. The average molecular weight is 338 g/mol. The molecule has 0 aromatic heterocycles. The van der Waals surface area contributed by atoms with E-state index in [1.54, 1.807) is 42.5 Å². The van der Waals surface area contributed by atoms with E-state index in [-0.39, 0.29) is 5.78 Å². The summed E-state index contributed by atoms with van der Waals surface area (Å²) in [5.41, 5.74) is 7.82. The van der Waals surface area contributed by atoms with Gasteiger partial charge < -0.3 is 10.5 Å². The Morgan fingerprint density at radius 3 is 2.50 bits per heavy atom. The standard InChI is InChI=1S/C20H16ClNO2/c21-18-13-16(22)9-10-20(18)24-17-8-4-7-15(12-17)19(23)11-14-5-2-1-3-6-14/h1-10,12-13H,11,22H2. The van der Waals surface area contributed by atoms with Gasteiger partial charge in [0.05, 0.1) is 5.02 Å². The molecule has 4 heteroatoms. The summed E-state index contributed by atoms with van der Waals surface area (Å²) in [5.74, 6) is 1.09. The van der Waals surface area contributed by atoms with E-state index in [4.69, 9.17) is 22.1 Å². The van der Waals surface area contributed by atoms with Gasteiger partial charge in [-0.25, -0.2) is 0 Å². The molecule has 0 saturated heterocycles. The monoisotopic (exact) mass is 337 g/mol. The third-order valence-corrected chi connectivity index (χ3v) is 3.84. The van der Waals surface area contributed by atoms with Gasteiger partial charge in [0.2, 0.25) is 0 Å². The Morgan fingerprint density at radius 2 is 1.75 bits per heavy atom. The van der Waals surface area contributed by atoms with Gasteiger partial charge in [-0.3, -0.25) is 4.79 Å². The summed E-state index contributed by atoms with van der Waals surface area (Å²) in [7, 11) is 0. The summed E-state index contributed by atoms with van der Waals surface area (Å²) in [5, 5.41) is 0.427. The molecule has 24 heavy (non-hydrogen) atoms. The number of halogens is 1. The topological polar surface area (TPSA) is 52.3 Å². The van der Waals surface area contributed by atoms with Crippen LogP contribution in [0.15, 0.2) is 72.8 Å². The number of hydrogen-bond acceptors (Lipinski definition) is 3. The smallest absolute Gasteiger partial charge is 0.167 e. The van der Waals surface area contributed by atoms with Crippen molar-refractivity contribution in [2.24, 2.45) is 0 Å². The fourth-order valence-electron chi connectivity index (χ4n) is 2.34. The maximum Gasteiger partial charge on any atom is 0.167 e. The van der Waals surface area contributed by atoms with E-state index in [1.807, 2.05) is 30.3 Å². The van der Waals surface area contributed by atoms with Gasteiger partial charge in [-0.05, 0) is 35.9 Å². The second-order valence-electron chi connectivity index (χ2n) is 5.41. The predicted octanol–water partition coefficient (Wildman–Crippen LogP) is 5.14. The van der Waals surface area contributed by atoms with Gasteiger partial charge >= 0.3 is 0 Å². The molecule has 0 aliphatic rings. The lowest BCUT2D eigenvalue weighted by molar-refractivity contribution is 0.0992. The zero-order valence-corrected chi connectivity index (χ0v) is 13.7. The highest BCUT2D eigenvalue weighted by molar-refractivity contribution is 6.32. The van der Waals surface area contributed by atoms with Gasteiger partial charge in [0.1, 0.15) is 11.5 Å². The quantitative estimate of drug-likeness (QED) is 0.518. The lowest BCUT2D eigenvalue weighted by atomic mass is 10.0. The van der Waals surface area contributed by atoms with Gasteiger partial charge in [-0.1, -0.05) is 54.1 Å². The second-order valence-corrected chi connectivity index (χ2v) is 5.81. The Kier molecular flexibility index (Phi) is 4.82. The van der Waals surface area contributed by atoms with Crippen molar-refractivity contribution in [1.82, 2.24) is 0 Å². The zero-order chi connectivity index (χ0) is 16.9. The number of carbonyl (C=O) groups is 1. The van der Waals surface area contributed by atoms with E-state index < -0.39 is 0 Å². The summed E-state index contributed by atoms with van der Waals surface area (Å²) in [6.45, 7) is 0. The molecule has 3 rings (SSSR count). The fraction of sp³-hybridized carbons (Fsp3) is 0.0500. The van der Waals surface area contributed by atoms with Gasteiger partial charge in [0.25, 0.3) is 0 Å². The molecule has 0 amide bonds. The Labute approximate surface area is 145 Å². The molecule has 0 fully saturated rings. The van der Waals surface area contributed by atoms with Crippen LogP contribution >= 0.6 is 11.6 Å². The first-order valence-electron chi connectivity index (χ1n) is 7.52. The first kappa shape index (κ1) is 16.1. The minimum absolute atomic E-state index is 0.0371. The minimum Gasteiger partial charge on any atom is -0.456 e. The Hall–Kier alpha value is -2.78. The van der Waals surface area contributed by atoms with Crippen LogP contribution < -0.4 is 10.5 Å². The molecule has 0 saturated carbocycles. The fourth-order valence-corrected chi connectivity index (χ4v) is 2.57. The number of hydrogen-bond donors (Lipinski definition) is 1. The molecule has 120 valence electrons. The molecule has 3 aromatic rings. The van der Waals surface area contributed by atoms with E-state index in [1.165, 1.54) is 0 Å². The van der Waals surface area contributed by atoms with Crippen molar-refractivity contribution >= 4 is 23.1 Å². The number of nitrogen functional groups attached to an aromatic ring is 1. The Morgan fingerprint density at radius 1 is 0.958 bits per heavy atom. The van der Waals surface area contributed by atoms with E-state index >= 15 is 0 Å². The molecule has 0 unspecified atom stereocenters. The van der Waals surface area contributed by atoms with Crippen molar-refractivity contribution in [3.8, 4) is 11.5 Å². The maximum atomic E-state index is 12.4. The summed E-state index contributed by atoms with van der Waals surface area (Å²) in [6, 6.07) is 21.8. The van der Waals surface area contributed by atoms with Crippen LogP contribution in [0.2, 0.25) is 5.02 Å². The van der Waals surface area contributed by atoms with Crippen molar-refractivity contribution in [2.45, 2.75) is 6.42 Å². The van der Waals surface area contributed by atoms with Crippen LogP contribution in [-0.4, -0.2) is 5.78 Å². The van der Waals surface area contributed by atoms with Crippen molar-refractivity contribution in [3.63, 3.8) is 0 Å². The summed E-state index contributed by atoms with van der Waals surface area (Å²) < 4.78 is 5.77. The lowest BCUT2D eigenvalue weighted by Gasteiger charge is -2.09. The predicted molar refractivity (Wildman–Crippen MR) is 96.9 cm³/mol. The van der Waals surface area contributed by atoms with Crippen LogP contribution in [0, 0.1) is 0 Å². The first-order chi connectivity index (χ1) is 11.6. The summed E-state index contributed by atoms with van der Waals surface area (Å²) >= 11 is 6.12. The van der Waals surface area contributed by atoms with Crippen molar-refractivity contribution in [2.75, 3.05) is 5.73 Å². The van der Waals surface area contributed by atoms with Crippen LogP contribution in [0.25, 0.3) is 0 Å². The van der Waals surface area contributed by atoms with E-state index in [0.29, 0.717) is 34.2 Å². The number of benzene rings is 3. The van der Waals surface area contributed by atoms with Crippen molar-refractivity contribution < 1.29 is 9.53 Å². The maximum absolute atomic E-state index is 12.4. The highest BCUT2D eigenvalue weighted by Gasteiger charge is 2.09. The van der Waals surface area contributed by atoms with Crippen LogP contribution in [0.1, 0.15) is 15.9 Å². The molecule has 2 N–H and O–H groups in total. The number of anilines is 1. The Bertz CT molecular complexity index is 863. The highest BCUT2D eigenvalue weighted by Crippen LogP contribution is 2.31. The molecular weight excluding hydrogens is 322 g/mol. The number of carbonyl (C=O) groups excluding carboxylic acids is 1. The van der Waals surface area contributed by atoms with Crippen molar-refractivity contribution in [3.05, 3.63) is 88.9 Å². The Balaban J connectivity index is 1.77. The van der Waals surface area contributed by atoms with E-state index in [9.17, 15) is 4.79 Å². The number of ether oxygens (including phenoxy) is 1. The molecule has 0 bridgehead atoms. The minimum atomic E-state index is 0.0371. The van der Waals surface area contributed by atoms with E-state index in [0.717, 1.165) is 5.56 Å². The lowest BCUT2D eigenvalue weighted by Crippen LogP contribution is -2.03. The van der Waals surface area contributed by atoms with Crippen LogP contribution in [-0.2, 0) is 6.42 Å². The summed E-state index contributed by atoms with van der Waals surface area (Å²) in [4.78, 5) is 12.4. The zero-order valence-electron chi connectivity index (χ0n) is 12.9. The third kappa shape index (κ3) is 3.94. The molecule has 0 aliphatic heterocycles. The highest BCUT2D eigenvalue weighted by atomic mass is 35.5. The molecular formula is C20H16ClNO2. The largest absolute Gasteiger partial charge is 0.456 e. The van der Waals surface area contributed by atoms with Crippen molar-refractivity contribution in [1.29, 1.82) is 0 Å². The molecule has 3 nitrogen and oxygen atoms in total. The molecule has 3 aromatic carbocycles. The normalized spacial score (nSPS) is 10.4. The van der Waals surface area contributed by atoms with Crippen LogP contribution in [0.5, 0.6) is 11.5 Å². The number of rotatable bonds is 5. The van der Waals surface area contributed by atoms with Gasteiger partial charge in [0.15, 0.2) is 5.78 Å². The first-order valence-corrected chi connectivity index (χ1v) is 7.90. The average Bonchev–Trinajstić information content (AvgIpc) is 2.59. The molecule has 0 radical (unpaired) electrons.